The van der Waals surface area contributed by atoms with Crippen molar-refractivity contribution in [3.63, 3.8) is 0 Å². The number of hydrogen-bond donors (Lipinski definition) is 2. The average Bonchev–Trinajstić information content (AvgIpc) is 2.28. The first-order valence-electron chi connectivity index (χ1n) is 5.83. The van der Waals surface area contributed by atoms with Crippen molar-refractivity contribution in [1.82, 2.24) is 0 Å². The summed E-state index contributed by atoms with van der Waals surface area (Å²) in [5, 5.41) is 11.3. The molecule has 94 valence electrons. The molecular weight excluding hydrogens is 218 g/mol. The molecule has 0 spiro atoms. The minimum absolute atomic E-state index is 0.0925. The molecule has 0 aliphatic heterocycles. The van der Waals surface area contributed by atoms with Gasteiger partial charge in [-0.3, -0.25) is 4.79 Å². The van der Waals surface area contributed by atoms with Crippen molar-refractivity contribution in [3.8, 4) is 5.75 Å². The molecule has 17 heavy (non-hydrogen) atoms. The molecule has 1 aromatic rings. The molecule has 0 aromatic heterocycles. The lowest BCUT2D eigenvalue weighted by Crippen LogP contribution is -2.06. The van der Waals surface area contributed by atoms with Crippen molar-refractivity contribution in [1.29, 1.82) is 0 Å². The lowest BCUT2D eigenvalue weighted by molar-refractivity contribution is -0.114. The van der Waals surface area contributed by atoms with Crippen LogP contribution in [0.5, 0.6) is 5.75 Å². The molecular formula is C13H19NO3. The Kier molecular flexibility index (Phi) is 6.10. The monoisotopic (exact) mass is 237 g/mol. The molecule has 0 fully saturated rings. The first-order chi connectivity index (χ1) is 8.22. The third-order valence-electron chi connectivity index (χ3n) is 2.23. The Morgan fingerprint density at radius 1 is 1.35 bits per heavy atom. The summed E-state index contributed by atoms with van der Waals surface area (Å²) in [5.41, 5.74) is 0.741. The van der Waals surface area contributed by atoms with E-state index in [1.165, 1.54) is 6.92 Å². The number of nitrogens with one attached hydrogen (secondary N) is 1. The van der Waals surface area contributed by atoms with Gasteiger partial charge in [-0.1, -0.05) is 6.07 Å². The van der Waals surface area contributed by atoms with Crippen LogP contribution in [-0.4, -0.2) is 24.2 Å². The van der Waals surface area contributed by atoms with Gasteiger partial charge in [0.15, 0.2) is 0 Å². The van der Waals surface area contributed by atoms with Crippen LogP contribution in [-0.2, 0) is 4.79 Å². The highest BCUT2D eigenvalue weighted by Crippen LogP contribution is 2.17. The molecule has 1 rings (SSSR count). The topological polar surface area (TPSA) is 58.6 Å². The zero-order valence-electron chi connectivity index (χ0n) is 10.1. The fourth-order valence-electron chi connectivity index (χ4n) is 1.45. The van der Waals surface area contributed by atoms with Crippen LogP contribution in [0.15, 0.2) is 24.3 Å². The molecule has 1 aromatic carbocycles. The van der Waals surface area contributed by atoms with Gasteiger partial charge in [-0.25, -0.2) is 0 Å². The minimum atomic E-state index is -0.0925. The predicted molar refractivity (Wildman–Crippen MR) is 67.2 cm³/mol. The number of carbonyl (C=O) groups excluding carboxylic acids is 1. The largest absolute Gasteiger partial charge is 0.494 e. The van der Waals surface area contributed by atoms with E-state index in [4.69, 9.17) is 9.84 Å². The quantitative estimate of drug-likeness (QED) is 0.715. The first-order valence-corrected chi connectivity index (χ1v) is 5.83. The molecule has 2 N–H and O–H groups in total. The molecule has 0 atom stereocenters. The average molecular weight is 237 g/mol. The Bertz CT molecular complexity index is 352. The van der Waals surface area contributed by atoms with Gasteiger partial charge in [0.05, 0.1) is 6.61 Å². The van der Waals surface area contributed by atoms with E-state index in [9.17, 15) is 4.79 Å². The summed E-state index contributed by atoms with van der Waals surface area (Å²) >= 11 is 0. The number of aliphatic hydroxyl groups is 1. The van der Waals surface area contributed by atoms with Crippen LogP contribution < -0.4 is 10.1 Å². The predicted octanol–water partition coefficient (Wildman–Crippen LogP) is 2.19. The van der Waals surface area contributed by atoms with Gasteiger partial charge in [0.25, 0.3) is 0 Å². The van der Waals surface area contributed by atoms with Crippen molar-refractivity contribution in [3.05, 3.63) is 24.3 Å². The SMILES string of the molecule is CC(=O)Nc1cccc(OCCCCCO)c1. The van der Waals surface area contributed by atoms with E-state index in [1.807, 2.05) is 18.2 Å². The molecule has 1 amide bonds. The third kappa shape index (κ3) is 5.92. The van der Waals surface area contributed by atoms with E-state index in [1.54, 1.807) is 6.07 Å². The summed E-state index contributed by atoms with van der Waals surface area (Å²) in [4.78, 5) is 10.9. The molecule has 0 saturated heterocycles. The molecule has 0 saturated carbocycles. The third-order valence-corrected chi connectivity index (χ3v) is 2.23. The lowest BCUT2D eigenvalue weighted by atomic mass is 10.2. The van der Waals surface area contributed by atoms with Gasteiger partial charge in [-0.05, 0) is 31.4 Å². The Labute approximate surface area is 102 Å². The van der Waals surface area contributed by atoms with Gasteiger partial charge in [-0.15, -0.1) is 0 Å². The molecule has 4 heteroatoms. The normalized spacial score (nSPS) is 10.0. The van der Waals surface area contributed by atoms with E-state index >= 15 is 0 Å². The van der Waals surface area contributed by atoms with Crippen molar-refractivity contribution >= 4 is 11.6 Å². The number of amides is 1. The summed E-state index contributed by atoms with van der Waals surface area (Å²) in [7, 11) is 0. The highest BCUT2D eigenvalue weighted by atomic mass is 16.5. The number of anilines is 1. The van der Waals surface area contributed by atoms with Crippen LogP contribution in [0.3, 0.4) is 0 Å². The van der Waals surface area contributed by atoms with Crippen molar-refractivity contribution < 1.29 is 14.6 Å². The Morgan fingerprint density at radius 2 is 2.18 bits per heavy atom. The van der Waals surface area contributed by atoms with Gasteiger partial charge in [-0.2, -0.15) is 0 Å². The highest BCUT2D eigenvalue weighted by molar-refractivity contribution is 5.88. The summed E-state index contributed by atoms with van der Waals surface area (Å²) in [6, 6.07) is 7.32. The van der Waals surface area contributed by atoms with E-state index in [0.29, 0.717) is 6.61 Å². The van der Waals surface area contributed by atoms with Gasteiger partial charge in [0, 0.05) is 25.3 Å². The molecule has 0 unspecified atom stereocenters. The van der Waals surface area contributed by atoms with Gasteiger partial charge >= 0.3 is 0 Å². The van der Waals surface area contributed by atoms with E-state index in [-0.39, 0.29) is 12.5 Å². The van der Waals surface area contributed by atoms with Crippen LogP contribution in [0.25, 0.3) is 0 Å². The maximum atomic E-state index is 10.9. The standard InChI is InChI=1S/C13H19NO3/c1-11(16)14-12-6-5-7-13(10-12)17-9-4-2-3-8-15/h5-7,10,15H,2-4,8-9H2,1H3,(H,14,16). The minimum Gasteiger partial charge on any atom is -0.494 e. The molecule has 4 nitrogen and oxygen atoms in total. The number of aliphatic hydroxyl groups excluding tert-OH is 1. The first kappa shape index (κ1) is 13.5. The Balaban J connectivity index is 2.35. The molecule has 0 radical (unpaired) electrons. The van der Waals surface area contributed by atoms with Gasteiger partial charge < -0.3 is 15.2 Å². The van der Waals surface area contributed by atoms with Gasteiger partial charge in [0.1, 0.15) is 5.75 Å². The number of benzene rings is 1. The summed E-state index contributed by atoms with van der Waals surface area (Å²) < 4.78 is 5.54. The molecule has 0 bridgehead atoms. The second kappa shape index (κ2) is 7.68. The maximum Gasteiger partial charge on any atom is 0.221 e. The fraction of sp³-hybridized carbons (Fsp3) is 0.462. The number of unbranched alkanes of at least 4 members (excludes halogenated alkanes) is 2. The summed E-state index contributed by atoms with van der Waals surface area (Å²) in [6.45, 7) is 2.34. The molecule has 0 aliphatic carbocycles. The number of ether oxygens (including phenoxy) is 1. The lowest BCUT2D eigenvalue weighted by Gasteiger charge is -2.08. The maximum absolute atomic E-state index is 10.9. The Morgan fingerprint density at radius 3 is 2.88 bits per heavy atom. The van der Waals surface area contributed by atoms with Crippen molar-refractivity contribution in [2.45, 2.75) is 26.2 Å². The van der Waals surface area contributed by atoms with Crippen molar-refractivity contribution in [2.75, 3.05) is 18.5 Å². The van der Waals surface area contributed by atoms with Crippen LogP contribution in [0, 0.1) is 0 Å². The van der Waals surface area contributed by atoms with E-state index in [0.717, 1.165) is 30.7 Å². The summed E-state index contributed by atoms with van der Waals surface area (Å²) in [6.07, 6.45) is 2.70. The number of hydrogen-bond acceptors (Lipinski definition) is 3. The van der Waals surface area contributed by atoms with Crippen LogP contribution in [0.2, 0.25) is 0 Å². The second-order valence-corrected chi connectivity index (χ2v) is 3.84. The van der Waals surface area contributed by atoms with E-state index < -0.39 is 0 Å². The van der Waals surface area contributed by atoms with Crippen LogP contribution >= 0.6 is 0 Å². The van der Waals surface area contributed by atoms with E-state index in [2.05, 4.69) is 5.32 Å². The Hall–Kier alpha value is -1.55. The zero-order chi connectivity index (χ0) is 12.5. The smallest absolute Gasteiger partial charge is 0.221 e. The summed E-state index contributed by atoms with van der Waals surface area (Å²) in [5.74, 6) is 0.658. The van der Waals surface area contributed by atoms with Crippen LogP contribution in [0.4, 0.5) is 5.69 Å². The number of rotatable bonds is 7. The fourth-order valence-corrected chi connectivity index (χ4v) is 1.45. The zero-order valence-corrected chi connectivity index (χ0v) is 10.1. The molecule has 0 aliphatic rings. The number of carbonyl (C=O) groups is 1. The highest BCUT2D eigenvalue weighted by Gasteiger charge is 1.98. The van der Waals surface area contributed by atoms with Gasteiger partial charge in [0.2, 0.25) is 5.91 Å². The second-order valence-electron chi connectivity index (χ2n) is 3.84. The van der Waals surface area contributed by atoms with Crippen molar-refractivity contribution in [2.24, 2.45) is 0 Å². The molecule has 0 heterocycles. The van der Waals surface area contributed by atoms with Crippen LogP contribution in [0.1, 0.15) is 26.2 Å².